The molecule has 3 rings (SSSR count). The van der Waals surface area contributed by atoms with Crippen molar-refractivity contribution in [1.82, 2.24) is 10.3 Å². The monoisotopic (exact) mass is 294 g/mol. The van der Waals surface area contributed by atoms with Crippen LogP contribution in [-0.4, -0.2) is 18.0 Å². The number of methoxy groups -OCH3 is 1. The molecule has 4 nitrogen and oxygen atoms in total. The van der Waals surface area contributed by atoms with Crippen LogP contribution in [0, 0.1) is 0 Å². The number of rotatable bonds is 4. The highest BCUT2D eigenvalue weighted by Crippen LogP contribution is 2.29. The van der Waals surface area contributed by atoms with E-state index in [4.69, 9.17) is 4.74 Å². The molecule has 0 fully saturated rings. The van der Waals surface area contributed by atoms with Gasteiger partial charge in [0.25, 0.3) is 0 Å². The SMILES string of the molecule is COc1ccc(C(NC(C)=O)c2c[nH]c3ccccc23)cc1. The van der Waals surface area contributed by atoms with E-state index < -0.39 is 0 Å². The molecule has 0 saturated heterocycles. The first-order valence-corrected chi connectivity index (χ1v) is 7.16. The third kappa shape index (κ3) is 2.68. The molecular formula is C18H18N2O2. The molecule has 0 saturated carbocycles. The number of carbonyl (C=O) groups excluding carboxylic acids is 1. The van der Waals surface area contributed by atoms with E-state index in [0.717, 1.165) is 27.8 Å². The molecule has 0 radical (unpaired) electrons. The van der Waals surface area contributed by atoms with Gasteiger partial charge in [-0.05, 0) is 23.8 Å². The van der Waals surface area contributed by atoms with Crippen molar-refractivity contribution in [2.24, 2.45) is 0 Å². The summed E-state index contributed by atoms with van der Waals surface area (Å²) in [7, 11) is 1.64. The predicted molar refractivity (Wildman–Crippen MR) is 87.0 cm³/mol. The minimum absolute atomic E-state index is 0.0638. The second-order valence-corrected chi connectivity index (χ2v) is 5.20. The first-order valence-electron chi connectivity index (χ1n) is 7.16. The summed E-state index contributed by atoms with van der Waals surface area (Å²) in [5.74, 6) is 0.732. The third-order valence-corrected chi connectivity index (χ3v) is 3.73. The van der Waals surface area contributed by atoms with Gasteiger partial charge in [-0.2, -0.15) is 0 Å². The summed E-state index contributed by atoms with van der Waals surface area (Å²) in [6.45, 7) is 1.53. The third-order valence-electron chi connectivity index (χ3n) is 3.73. The summed E-state index contributed by atoms with van der Waals surface area (Å²) in [5, 5.41) is 4.14. The van der Waals surface area contributed by atoms with Crippen LogP contribution in [-0.2, 0) is 4.79 Å². The summed E-state index contributed by atoms with van der Waals surface area (Å²) in [6, 6.07) is 15.6. The number of amides is 1. The second kappa shape index (κ2) is 5.93. The molecule has 1 unspecified atom stereocenters. The van der Waals surface area contributed by atoms with E-state index in [1.54, 1.807) is 7.11 Å². The zero-order valence-corrected chi connectivity index (χ0v) is 12.6. The van der Waals surface area contributed by atoms with Gasteiger partial charge in [0.15, 0.2) is 0 Å². The van der Waals surface area contributed by atoms with Gasteiger partial charge in [-0.15, -0.1) is 0 Å². The van der Waals surface area contributed by atoms with Crippen LogP contribution in [0.4, 0.5) is 0 Å². The van der Waals surface area contributed by atoms with Crippen LogP contribution in [0.2, 0.25) is 0 Å². The molecule has 1 amide bonds. The Morgan fingerprint density at radius 2 is 1.86 bits per heavy atom. The van der Waals surface area contributed by atoms with Crippen molar-refractivity contribution in [3.8, 4) is 5.75 Å². The summed E-state index contributed by atoms with van der Waals surface area (Å²) >= 11 is 0. The smallest absolute Gasteiger partial charge is 0.217 e. The summed E-state index contributed by atoms with van der Waals surface area (Å²) in [5.41, 5.74) is 3.12. The number of nitrogens with one attached hydrogen (secondary N) is 2. The fourth-order valence-corrected chi connectivity index (χ4v) is 2.67. The quantitative estimate of drug-likeness (QED) is 0.775. The first kappa shape index (κ1) is 14.2. The molecule has 22 heavy (non-hydrogen) atoms. The molecule has 1 heterocycles. The zero-order chi connectivity index (χ0) is 15.5. The Kier molecular flexibility index (Phi) is 3.83. The van der Waals surface area contributed by atoms with Gasteiger partial charge in [-0.3, -0.25) is 4.79 Å². The van der Waals surface area contributed by atoms with E-state index in [9.17, 15) is 4.79 Å². The average molecular weight is 294 g/mol. The summed E-state index contributed by atoms with van der Waals surface area (Å²) in [6.07, 6.45) is 1.95. The maximum absolute atomic E-state index is 11.6. The first-order chi connectivity index (χ1) is 10.7. The number of aromatic nitrogens is 1. The fraction of sp³-hybridized carbons (Fsp3) is 0.167. The van der Waals surface area contributed by atoms with Gasteiger partial charge in [0.2, 0.25) is 5.91 Å². The van der Waals surface area contributed by atoms with E-state index in [-0.39, 0.29) is 11.9 Å². The number of aromatic amines is 1. The van der Waals surface area contributed by atoms with Gasteiger partial charge < -0.3 is 15.0 Å². The number of para-hydroxylation sites is 1. The van der Waals surface area contributed by atoms with Crippen molar-refractivity contribution in [3.63, 3.8) is 0 Å². The minimum Gasteiger partial charge on any atom is -0.497 e. The van der Waals surface area contributed by atoms with Crippen LogP contribution in [0.1, 0.15) is 24.1 Å². The van der Waals surface area contributed by atoms with E-state index >= 15 is 0 Å². The normalized spacial score (nSPS) is 12.1. The molecule has 1 aromatic heterocycles. The minimum atomic E-state index is -0.195. The Hall–Kier alpha value is -2.75. The molecule has 4 heteroatoms. The maximum atomic E-state index is 11.6. The molecule has 0 spiro atoms. The van der Waals surface area contributed by atoms with Crippen molar-refractivity contribution in [1.29, 1.82) is 0 Å². The van der Waals surface area contributed by atoms with Gasteiger partial charge in [-0.1, -0.05) is 30.3 Å². The number of hydrogen-bond acceptors (Lipinski definition) is 2. The number of benzene rings is 2. The van der Waals surface area contributed by atoms with E-state index in [1.165, 1.54) is 6.92 Å². The topological polar surface area (TPSA) is 54.1 Å². The summed E-state index contributed by atoms with van der Waals surface area (Å²) in [4.78, 5) is 14.9. The van der Waals surface area contributed by atoms with E-state index in [1.807, 2.05) is 48.7 Å². The van der Waals surface area contributed by atoms with Gasteiger partial charge in [0.05, 0.1) is 13.2 Å². The predicted octanol–water partition coefficient (Wildman–Crippen LogP) is 3.40. The lowest BCUT2D eigenvalue weighted by molar-refractivity contribution is -0.119. The van der Waals surface area contributed by atoms with E-state index in [0.29, 0.717) is 0 Å². The largest absolute Gasteiger partial charge is 0.497 e. The Labute approximate surface area is 129 Å². The summed E-state index contributed by atoms with van der Waals surface area (Å²) < 4.78 is 5.20. The highest BCUT2D eigenvalue weighted by Gasteiger charge is 2.18. The molecule has 112 valence electrons. The van der Waals surface area contributed by atoms with Crippen LogP contribution in [0.25, 0.3) is 10.9 Å². The maximum Gasteiger partial charge on any atom is 0.217 e. The highest BCUT2D eigenvalue weighted by molar-refractivity contribution is 5.85. The van der Waals surface area contributed by atoms with Gasteiger partial charge in [-0.25, -0.2) is 0 Å². The average Bonchev–Trinajstić information content (AvgIpc) is 2.96. The van der Waals surface area contributed by atoms with Gasteiger partial charge in [0.1, 0.15) is 5.75 Å². The van der Waals surface area contributed by atoms with Crippen LogP contribution < -0.4 is 10.1 Å². The number of ether oxygens (including phenoxy) is 1. The molecule has 2 N–H and O–H groups in total. The van der Waals surface area contributed by atoms with Crippen molar-refractivity contribution in [2.75, 3.05) is 7.11 Å². The van der Waals surface area contributed by atoms with Gasteiger partial charge in [0, 0.05) is 29.6 Å². The lowest BCUT2D eigenvalue weighted by Gasteiger charge is -2.18. The van der Waals surface area contributed by atoms with Crippen molar-refractivity contribution in [2.45, 2.75) is 13.0 Å². The lowest BCUT2D eigenvalue weighted by atomic mass is 9.98. The molecule has 0 bridgehead atoms. The Balaban J connectivity index is 2.07. The second-order valence-electron chi connectivity index (χ2n) is 5.20. The van der Waals surface area contributed by atoms with Crippen LogP contribution >= 0.6 is 0 Å². The Morgan fingerprint density at radius 3 is 2.55 bits per heavy atom. The molecule has 0 aliphatic rings. The number of hydrogen-bond donors (Lipinski definition) is 2. The number of H-pyrrole nitrogens is 1. The molecular weight excluding hydrogens is 276 g/mol. The van der Waals surface area contributed by atoms with Crippen molar-refractivity contribution >= 4 is 16.8 Å². The molecule has 2 aromatic carbocycles. The molecule has 0 aliphatic carbocycles. The molecule has 1 atom stereocenters. The molecule has 3 aromatic rings. The Bertz CT molecular complexity index is 790. The molecule has 0 aliphatic heterocycles. The number of carbonyl (C=O) groups is 1. The van der Waals surface area contributed by atoms with E-state index in [2.05, 4.69) is 16.4 Å². The zero-order valence-electron chi connectivity index (χ0n) is 12.6. The fourth-order valence-electron chi connectivity index (χ4n) is 2.67. The highest BCUT2D eigenvalue weighted by atomic mass is 16.5. The standard InChI is InChI=1S/C18H18N2O2/c1-12(21)20-18(13-7-9-14(22-2)10-8-13)16-11-19-17-6-4-3-5-15(16)17/h3-11,18-19H,1-2H3,(H,20,21). The van der Waals surface area contributed by atoms with Crippen molar-refractivity contribution < 1.29 is 9.53 Å². The van der Waals surface area contributed by atoms with Crippen LogP contribution in [0.3, 0.4) is 0 Å². The number of fused-ring (bicyclic) bond motifs is 1. The van der Waals surface area contributed by atoms with Crippen molar-refractivity contribution in [3.05, 3.63) is 65.9 Å². The van der Waals surface area contributed by atoms with Crippen LogP contribution in [0.15, 0.2) is 54.7 Å². The Morgan fingerprint density at radius 1 is 1.14 bits per heavy atom. The lowest BCUT2D eigenvalue weighted by Crippen LogP contribution is -2.26. The van der Waals surface area contributed by atoms with Crippen LogP contribution in [0.5, 0.6) is 5.75 Å². The van der Waals surface area contributed by atoms with Gasteiger partial charge >= 0.3 is 0 Å².